The number of benzene rings is 1. The van der Waals surface area contributed by atoms with Crippen LogP contribution in [0.4, 0.5) is 5.95 Å². The van der Waals surface area contributed by atoms with E-state index in [1.807, 2.05) is 29.0 Å². The minimum atomic E-state index is -0.904. The van der Waals surface area contributed by atoms with Gasteiger partial charge < -0.3 is 35.1 Å². The van der Waals surface area contributed by atoms with Gasteiger partial charge in [0.2, 0.25) is 11.9 Å². The Kier molecular flexibility index (Phi) is 17.0. The van der Waals surface area contributed by atoms with Gasteiger partial charge in [0.25, 0.3) is 17.4 Å². The Bertz CT molecular complexity index is 2030. The van der Waals surface area contributed by atoms with Crippen LogP contribution in [0.3, 0.4) is 0 Å². The number of amides is 3. The van der Waals surface area contributed by atoms with Crippen LogP contribution in [0.1, 0.15) is 78.1 Å². The highest BCUT2D eigenvalue weighted by molar-refractivity contribution is 7.94. The van der Waals surface area contributed by atoms with Crippen LogP contribution in [0.2, 0.25) is 0 Å². The molecule has 1 unspecified atom stereocenters. The zero-order valence-corrected chi connectivity index (χ0v) is 35.9. The summed E-state index contributed by atoms with van der Waals surface area (Å²) in [6.45, 7) is 7.18. The highest BCUT2D eigenvalue weighted by atomic mass is 32.2. The summed E-state index contributed by atoms with van der Waals surface area (Å²) in [5.41, 5.74) is 0.713. The van der Waals surface area contributed by atoms with Gasteiger partial charge in [-0.15, -0.1) is 0 Å². The minimum Gasteiger partial charge on any atom is -0.483 e. The number of nitrogens with one attached hydrogen (secondary N) is 3. The molecule has 3 N–H and O–H groups in total. The van der Waals surface area contributed by atoms with E-state index in [-0.39, 0.29) is 59.8 Å². The molecular formula is C42H58N10O8S. The molecule has 2 aromatic heterocycles. The molecule has 18 nitrogen and oxygen atoms in total. The molecule has 3 aliphatic rings. The second-order valence-electron chi connectivity index (χ2n) is 15.6. The third-order valence-corrected chi connectivity index (χ3v) is 12.7. The monoisotopic (exact) mass is 862 g/mol. The van der Waals surface area contributed by atoms with Gasteiger partial charge in [0.05, 0.1) is 24.8 Å². The lowest BCUT2D eigenvalue weighted by molar-refractivity contribution is -0.123. The number of ether oxygens (including phenoxy) is 2. The molecule has 2 aliphatic heterocycles. The number of aromatic nitrogens is 3. The van der Waals surface area contributed by atoms with Gasteiger partial charge in [0.1, 0.15) is 17.7 Å². The molecule has 0 radical (unpaired) electrons. The molecule has 2 saturated heterocycles. The van der Waals surface area contributed by atoms with E-state index in [0.29, 0.717) is 31.7 Å². The van der Waals surface area contributed by atoms with Crippen LogP contribution in [-0.4, -0.2) is 162 Å². The summed E-state index contributed by atoms with van der Waals surface area (Å²) >= 11 is 1.82. The molecule has 1 aromatic carbocycles. The molecule has 1 aliphatic carbocycles. The maximum absolute atomic E-state index is 13.4. The van der Waals surface area contributed by atoms with E-state index in [9.17, 15) is 28.8 Å². The molecule has 3 aromatic rings. The van der Waals surface area contributed by atoms with Crippen LogP contribution < -0.4 is 26.2 Å². The first-order valence-corrected chi connectivity index (χ1v) is 21.9. The predicted octanol–water partition coefficient (Wildman–Crippen LogP) is 2.15. The van der Waals surface area contributed by atoms with Gasteiger partial charge in [-0.2, -0.15) is 4.98 Å². The van der Waals surface area contributed by atoms with Crippen LogP contribution in [-0.2, 0) is 19.1 Å². The van der Waals surface area contributed by atoms with Gasteiger partial charge in [-0.05, 0) is 44.2 Å². The summed E-state index contributed by atoms with van der Waals surface area (Å²) in [5.74, 6) is -0.728. The number of piperazine rings is 1. The number of carbonyl (C=O) groups excluding carboxylic acids is 5. The molecule has 19 heteroatoms. The molecule has 1 saturated carbocycles. The number of pyridine rings is 1. The summed E-state index contributed by atoms with van der Waals surface area (Å²) in [7, 11) is 2.89. The second kappa shape index (κ2) is 22.8. The Labute approximate surface area is 360 Å². The largest absolute Gasteiger partial charge is 0.483 e. The zero-order valence-electron chi connectivity index (χ0n) is 35.1. The maximum atomic E-state index is 13.4. The van der Waals surface area contributed by atoms with E-state index < -0.39 is 24.5 Å². The van der Waals surface area contributed by atoms with E-state index in [0.717, 1.165) is 100 Å². The van der Waals surface area contributed by atoms with Crippen molar-refractivity contribution in [3.8, 4) is 5.75 Å². The lowest BCUT2D eigenvalue weighted by Gasteiger charge is -2.38. The van der Waals surface area contributed by atoms with E-state index in [4.69, 9.17) is 14.5 Å². The number of rotatable bonds is 21. The van der Waals surface area contributed by atoms with Gasteiger partial charge in [0, 0.05) is 120 Å². The van der Waals surface area contributed by atoms with Crippen molar-refractivity contribution in [1.29, 1.82) is 0 Å². The quantitative estimate of drug-likeness (QED) is 0.0799. The first-order valence-electron chi connectivity index (χ1n) is 21.2. The Hall–Kier alpha value is -4.95. The van der Waals surface area contributed by atoms with Gasteiger partial charge in [-0.25, -0.2) is 13.6 Å². The average molecular weight is 863 g/mol. The lowest BCUT2D eigenvalue weighted by Crippen LogP contribution is -2.46. The van der Waals surface area contributed by atoms with E-state index >= 15 is 0 Å². The van der Waals surface area contributed by atoms with E-state index in [1.54, 1.807) is 6.07 Å². The standard InChI is InChI=1S/C42H58N10O8S/c1-43-36(55)12-11-34(28-54)48(2)41(58)39-31(27-53)6-5-9-35(39)60-29-37(56)44-16-24-59-25-23-49-19-21-51(22-20-49)61-50-17-14-32(15-18-50)46-42-45-26-30-10-13-38(57)52(40(30)47-42)33-7-3-4-8-33/h5-6,9-10,13,26-28,32-34H,3-4,7-8,11-12,14-25,29H2,1-2H3,(H,43,55)(H,44,56)(H,45,46,47). The van der Waals surface area contributed by atoms with Crippen LogP contribution in [0.15, 0.2) is 41.3 Å². The Morgan fingerprint density at radius 1 is 0.967 bits per heavy atom. The molecule has 61 heavy (non-hydrogen) atoms. The number of nitrogens with zero attached hydrogens (tertiary/aromatic N) is 7. The van der Waals surface area contributed by atoms with Crippen molar-refractivity contribution in [2.45, 2.75) is 69.5 Å². The number of hydrogen-bond acceptors (Lipinski definition) is 15. The third kappa shape index (κ3) is 12.6. The molecular weight excluding hydrogens is 805 g/mol. The number of aldehydes is 2. The van der Waals surface area contributed by atoms with E-state index in [2.05, 4.69) is 34.4 Å². The maximum Gasteiger partial charge on any atom is 0.258 e. The summed E-state index contributed by atoms with van der Waals surface area (Å²) in [4.78, 5) is 87.0. The molecule has 330 valence electrons. The molecule has 0 bridgehead atoms. The lowest BCUT2D eigenvalue weighted by atomic mass is 10.0. The Morgan fingerprint density at radius 2 is 1.72 bits per heavy atom. The highest BCUT2D eigenvalue weighted by Crippen LogP contribution is 2.31. The SMILES string of the molecule is CNC(=O)CCC(C=O)N(C)C(=O)c1c(C=O)cccc1OCC(=O)NCCOCCN1CCN(SN2CCC(Nc3ncc4ccc(=O)n(C5CCCC5)c4n3)CC2)CC1. The molecule has 0 spiro atoms. The third-order valence-electron chi connectivity index (χ3n) is 11.5. The Balaban J connectivity index is 0.837. The number of likely N-dealkylation sites (N-methyl/N-ethyl adjacent to an activating group) is 1. The van der Waals surface area contributed by atoms with Crippen molar-refractivity contribution in [1.82, 2.24) is 43.6 Å². The van der Waals surface area contributed by atoms with Gasteiger partial charge >= 0.3 is 0 Å². The fraction of sp³-hybridized carbons (Fsp3) is 0.571. The summed E-state index contributed by atoms with van der Waals surface area (Å²) in [6, 6.07) is 7.49. The minimum absolute atomic E-state index is 0.01000. The van der Waals surface area contributed by atoms with Crippen LogP contribution in [0, 0.1) is 0 Å². The van der Waals surface area contributed by atoms with Gasteiger partial charge in [-0.1, -0.05) is 25.0 Å². The fourth-order valence-corrected chi connectivity index (χ4v) is 8.95. The molecule has 1 atom stereocenters. The predicted molar refractivity (Wildman–Crippen MR) is 232 cm³/mol. The van der Waals surface area contributed by atoms with Crippen molar-refractivity contribution in [3.63, 3.8) is 0 Å². The highest BCUT2D eigenvalue weighted by Gasteiger charge is 2.28. The van der Waals surface area contributed by atoms with Crippen molar-refractivity contribution < 1.29 is 33.4 Å². The molecule has 3 amide bonds. The first kappa shape index (κ1) is 45.6. The Morgan fingerprint density at radius 3 is 2.44 bits per heavy atom. The number of carbonyl (C=O) groups is 5. The number of anilines is 1. The van der Waals surface area contributed by atoms with Crippen molar-refractivity contribution >= 4 is 59.4 Å². The molecule has 6 rings (SSSR count). The summed E-state index contributed by atoms with van der Waals surface area (Å²) in [5, 5.41) is 9.66. The van der Waals surface area contributed by atoms with Crippen LogP contribution >= 0.6 is 12.1 Å². The van der Waals surface area contributed by atoms with Crippen LogP contribution in [0.5, 0.6) is 5.75 Å². The van der Waals surface area contributed by atoms with Crippen molar-refractivity contribution in [2.75, 3.05) is 91.6 Å². The first-order chi connectivity index (χ1) is 29.7. The summed E-state index contributed by atoms with van der Waals surface area (Å²) in [6.07, 6.45) is 9.32. The number of fused-ring (bicyclic) bond motifs is 1. The van der Waals surface area contributed by atoms with Gasteiger partial charge in [-0.3, -0.25) is 33.4 Å². The normalized spacial score (nSPS) is 17.5. The van der Waals surface area contributed by atoms with Crippen molar-refractivity contribution in [2.24, 2.45) is 0 Å². The fourth-order valence-electron chi connectivity index (χ4n) is 7.92. The van der Waals surface area contributed by atoms with Crippen LogP contribution in [0.25, 0.3) is 11.0 Å². The number of hydrogen-bond donors (Lipinski definition) is 3. The number of piperidine rings is 1. The average Bonchev–Trinajstić information content (AvgIpc) is 3.82. The summed E-state index contributed by atoms with van der Waals surface area (Å²) < 4.78 is 18.2. The topological polar surface area (TPSA) is 201 Å². The van der Waals surface area contributed by atoms with E-state index in [1.165, 1.54) is 32.3 Å². The smallest absolute Gasteiger partial charge is 0.258 e. The molecule has 3 fully saturated rings. The zero-order chi connectivity index (χ0) is 43.1. The molecule has 4 heterocycles. The van der Waals surface area contributed by atoms with Gasteiger partial charge in [0.15, 0.2) is 12.9 Å². The second-order valence-corrected chi connectivity index (χ2v) is 16.8. The van der Waals surface area contributed by atoms with Crippen molar-refractivity contribution in [3.05, 3.63) is 58.0 Å².